The molecule has 1 N–H and O–H groups in total. The van der Waals surface area contributed by atoms with Gasteiger partial charge >= 0.3 is 5.69 Å². The highest BCUT2D eigenvalue weighted by atomic mass is 16.1. The Bertz CT molecular complexity index is 947. The molecular weight excluding hydrogens is 340 g/mol. The van der Waals surface area contributed by atoms with E-state index in [0.717, 1.165) is 49.7 Å². The Kier molecular flexibility index (Phi) is 4.94. The number of hydrogen-bond acceptors (Lipinski definition) is 4. The smallest absolute Gasteiger partial charge is 0.334 e. The molecule has 4 rings (SSSR count). The maximum atomic E-state index is 12.3. The molecular formula is C20H26N6O. The second-order valence-electron chi connectivity index (χ2n) is 7.36. The summed E-state index contributed by atoms with van der Waals surface area (Å²) in [6, 6.07) is 10.1. The topological polar surface area (TPSA) is 71.7 Å². The van der Waals surface area contributed by atoms with Crippen molar-refractivity contribution >= 4 is 0 Å². The summed E-state index contributed by atoms with van der Waals surface area (Å²) in [5.41, 5.74) is 2.24. The zero-order chi connectivity index (χ0) is 18.8. The molecule has 0 amide bonds. The molecule has 1 aliphatic heterocycles. The third kappa shape index (κ3) is 3.73. The van der Waals surface area contributed by atoms with Crippen molar-refractivity contribution in [1.29, 1.82) is 0 Å². The minimum atomic E-state index is -0.123. The van der Waals surface area contributed by atoms with E-state index in [1.807, 2.05) is 43.5 Å². The molecule has 0 saturated carbocycles. The van der Waals surface area contributed by atoms with Gasteiger partial charge in [-0.2, -0.15) is 5.10 Å². The highest BCUT2D eigenvalue weighted by Gasteiger charge is 2.26. The van der Waals surface area contributed by atoms with E-state index in [2.05, 4.69) is 31.7 Å². The SMILES string of the molecule is Cc1ncc(CN2CCC(c3n[nH]c(=O)n3Cc3ccccc3)CC2)n1C. The van der Waals surface area contributed by atoms with Gasteiger partial charge in [-0.25, -0.2) is 14.9 Å². The predicted octanol–water partition coefficient (Wildman–Crippen LogP) is 2.04. The maximum absolute atomic E-state index is 12.3. The second-order valence-corrected chi connectivity index (χ2v) is 7.36. The van der Waals surface area contributed by atoms with Crippen LogP contribution in [0.1, 0.15) is 41.7 Å². The summed E-state index contributed by atoms with van der Waals surface area (Å²) in [6.07, 6.45) is 3.98. The van der Waals surface area contributed by atoms with Gasteiger partial charge in [0.15, 0.2) is 0 Å². The Morgan fingerprint density at radius 1 is 1.15 bits per heavy atom. The molecule has 0 bridgehead atoms. The molecule has 2 aromatic heterocycles. The number of piperidine rings is 1. The lowest BCUT2D eigenvalue weighted by molar-refractivity contribution is 0.196. The first kappa shape index (κ1) is 17.7. The lowest BCUT2D eigenvalue weighted by atomic mass is 9.95. The Morgan fingerprint density at radius 2 is 1.89 bits per heavy atom. The molecule has 0 unspecified atom stereocenters. The third-order valence-corrected chi connectivity index (χ3v) is 5.63. The van der Waals surface area contributed by atoms with Crippen molar-refractivity contribution in [2.75, 3.05) is 13.1 Å². The number of nitrogens with one attached hydrogen (secondary N) is 1. The summed E-state index contributed by atoms with van der Waals surface area (Å²) in [7, 11) is 2.07. The van der Waals surface area contributed by atoms with E-state index in [4.69, 9.17) is 0 Å². The molecule has 0 radical (unpaired) electrons. The first-order chi connectivity index (χ1) is 13.1. The van der Waals surface area contributed by atoms with Gasteiger partial charge in [0.2, 0.25) is 0 Å². The molecule has 0 aliphatic carbocycles. The summed E-state index contributed by atoms with van der Waals surface area (Å²) in [5.74, 6) is 2.25. The highest BCUT2D eigenvalue weighted by molar-refractivity contribution is 5.16. The second kappa shape index (κ2) is 7.52. The van der Waals surface area contributed by atoms with Crippen LogP contribution >= 0.6 is 0 Å². The van der Waals surface area contributed by atoms with E-state index in [1.54, 1.807) is 4.57 Å². The first-order valence-corrected chi connectivity index (χ1v) is 9.50. The van der Waals surface area contributed by atoms with Crippen LogP contribution < -0.4 is 5.69 Å². The predicted molar refractivity (Wildman–Crippen MR) is 104 cm³/mol. The number of aromatic amines is 1. The minimum Gasteiger partial charge on any atom is -0.334 e. The maximum Gasteiger partial charge on any atom is 0.343 e. The fraction of sp³-hybridized carbons (Fsp3) is 0.450. The lowest BCUT2D eigenvalue weighted by Crippen LogP contribution is -2.34. The zero-order valence-corrected chi connectivity index (χ0v) is 15.9. The van der Waals surface area contributed by atoms with Crippen molar-refractivity contribution in [2.45, 2.75) is 38.8 Å². The normalized spacial score (nSPS) is 16.1. The summed E-state index contributed by atoms with van der Waals surface area (Å²) in [5, 5.41) is 7.00. The minimum absolute atomic E-state index is 0.123. The number of aryl methyl sites for hydroxylation is 1. The molecule has 3 heterocycles. The number of benzene rings is 1. The van der Waals surface area contributed by atoms with E-state index in [-0.39, 0.29) is 5.69 Å². The average molecular weight is 366 g/mol. The molecule has 7 nitrogen and oxygen atoms in total. The Morgan fingerprint density at radius 3 is 2.56 bits per heavy atom. The largest absolute Gasteiger partial charge is 0.343 e. The van der Waals surface area contributed by atoms with E-state index >= 15 is 0 Å². The van der Waals surface area contributed by atoms with Gasteiger partial charge in [0.1, 0.15) is 11.6 Å². The Labute approximate surface area is 158 Å². The monoisotopic (exact) mass is 366 g/mol. The van der Waals surface area contributed by atoms with E-state index in [1.165, 1.54) is 5.69 Å². The number of likely N-dealkylation sites (tertiary alicyclic amines) is 1. The van der Waals surface area contributed by atoms with Crippen LogP contribution in [0.25, 0.3) is 0 Å². The van der Waals surface area contributed by atoms with Crippen molar-refractivity contribution in [1.82, 2.24) is 29.2 Å². The molecule has 3 aromatic rings. The average Bonchev–Trinajstić information content (AvgIpc) is 3.21. The van der Waals surface area contributed by atoms with E-state index < -0.39 is 0 Å². The summed E-state index contributed by atoms with van der Waals surface area (Å²) in [6.45, 7) is 5.52. The van der Waals surface area contributed by atoms with Gasteiger partial charge in [0.25, 0.3) is 0 Å². The van der Waals surface area contributed by atoms with Crippen LogP contribution in [-0.4, -0.2) is 42.3 Å². The van der Waals surface area contributed by atoms with E-state index in [9.17, 15) is 4.79 Å². The number of rotatable bonds is 5. The van der Waals surface area contributed by atoms with Gasteiger partial charge in [-0.15, -0.1) is 0 Å². The van der Waals surface area contributed by atoms with Gasteiger partial charge in [0.05, 0.1) is 12.2 Å². The Hall–Kier alpha value is -2.67. The van der Waals surface area contributed by atoms with Crippen molar-refractivity contribution in [2.24, 2.45) is 7.05 Å². The zero-order valence-electron chi connectivity index (χ0n) is 15.9. The van der Waals surface area contributed by atoms with Crippen molar-refractivity contribution < 1.29 is 0 Å². The number of hydrogen-bond donors (Lipinski definition) is 1. The van der Waals surface area contributed by atoms with Crippen molar-refractivity contribution in [3.63, 3.8) is 0 Å². The number of nitrogens with zero attached hydrogens (tertiary/aromatic N) is 5. The highest BCUT2D eigenvalue weighted by Crippen LogP contribution is 2.27. The molecule has 1 fully saturated rings. The van der Waals surface area contributed by atoms with Gasteiger partial charge < -0.3 is 4.57 Å². The molecule has 7 heteroatoms. The molecule has 1 aliphatic rings. The molecule has 1 saturated heterocycles. The van der Waals surface area contributed by atoms with Gasteiger partial charge in [0, 0.05) is 25.7 Å². The third-order valence-electron chi connectivity index (χ3n) is 5.63. The Balaban J connectivity index is 1.43. The van der Waals surface area contributed by atoms with Gasteiger partial charge in [-0.1, -0.05) is 30.3 Å². The summed E-state index contributed by atoms with van der Waals surface area (Å²) < 4.78 is 3.94. The lowest BCUT2D eigenvalue weighted by Gasteiger charge is -2.31. The standard InChI is InChI=1S/C20H26N6O/c1-15-21-12-18(24(15)2)14-25-10-8-17(9-11-25)19-22-23-20(27)26(19)13-16-6-4-3-5-7-16/h3-7,12,17H,8-11,13-14H2,1-2H3,(H,23,27). The molecule has 0 atom stereocenters. The summed E-state index contributed by atoms with van der Waals surface area (Å²) in [4.78, 5) is 19.1. The fourth-order valence-electron chi connectivity index (χ4n) is 3.83. The van der Waals surface area contributed by atoms with Crippen LogP contribution in [-0.2, 0) is 20.1 Å². The number of H-pyrrole nitrogens is 1. The summed E-state index contributed by atoms with van der Waals surface area (Å²) >= 11 is 0. The fourth-order valence-corrected chi connectivity index (χ4v) is 3.83. The van der Waals surface area contributed by atoms with Gasteiger partial charge in [-0.05, 0) is 38.4 Å². The van der Waals surface area contributed by atoms with Gasteiger partial charge in [-0.3, -0.25) is 9.47 Å². The van der Waals surface area contributed by atoms with Crippen LogP contribution in [0.2, 0.25) is 0 Å². The van der Waals surface area contributed by atoms with Crippen LogP contribution in [0.3, 0.4) is 0 Å². The van der Waals surface area contributed by atoms with Crippen LogP contribution in [0.5, 0.6) is 0 Å². The molecule has 27 heavy (non-hydrogen) atoms. The van der Waals surface area contributed by atoms with Crippen molar-refractivity contribution in [3.05, 3.63) is 69.9 Å². The van der Waals surface area contributed by atoms with Crippen molar-refractivity contribution in [3.8, 4) is 0 Å². The number of imidazole rings is 1. The first-order valence-electron chi connectivity index (χ1n) is 9.50. The molecule has 142 valence electrons. The molecule has 1 aromatic carbocycles. The number of aromatic nitrogens is 5. The molecule has 0 spiro atoms. The van der Waals surface area contributed by atoms with Crippen LogP contribution in [0.15, 0.2) is 41.3 Å². The quantitative estimate of drug-likeness (QED) is 0.750. The van der Waals surface area contributed by atoms with Crippen LogP contribution in [0.4, 0.5) is 0 Å². The van der Waals surface area contributed by atoms with E-state index in [0.29, 0.717) is 12.5 Å². The van der Waals surface area contributed by atoms with Crippen LogP contribution in [0, 0.1) is 6.92 Å².